The van der Waals surface area contributed by atoms with Crippen molar-refractivity contribution in [1.29, 1.82) is 0 Å². The van der Waals surface area contributed by atoms with E-state index in [2.05, 4.69) is 15.6 Å². The van der Waals surface area contributed by atoms with Gasteiger partial charge in [0.25, 0.3) is 5.91 Å². The number of fused-ring (bicyclic) bond motifs is 1. The van der Waals surface area contributed by atoms with E-state index >= 15 is 0 Å². The number of benzene rings is 3. The van der Waals surface area contributed by atoms with Crippen LogP contribution in [-0.2, 0) is 16.4 Å². The zero-order chi connectivity index (χ0) is 23.4. The van der Waals surface area contributed by atoms with Crippen LogP contribution in [0.15, 0.2) is 77.7 Å². The van der Waals surface area contributed by atoms with Crippen LogP contribution >= 0.6 is 0 Å². The van der Waals surface area contributed by atoms with Gasteiger partial charge in [-0.05, 0) is 41.8 Å². The van der Waals surface area contributed by atoms with E-state index in [0.717, 1.165) is 11.1 Å². The summed E-state index contributed by atoms with van der Waals surface area (Å²) >= 11 is 0. The van der Waals surface area contributed by atoms with E-state index in [9.17, 15) is 13.2 Å². The molecule has 172 valence electrons. The van der Waals surface area contributed by atoms with E-state index in [1.807, 2.05) is 24.3 Å². The number of hydrazine groups is 1. The quantitative estimate of drug-likeness (QED) is 0.440. The summed E-state index contributed by atoms with van der Waals surface area (Å²) in [6.07, 6.45) is 0.489. The van der Waals surface area contributed by atoms with Gasteiger partial charge in [0, 0.05) is 17.7 Å². The molecule has 2 atom stereocenters. The molecule has 0 aliphatic heterocycles. The second-order valence-corrected chi connectivity index (χ2v) is 9.34. The highest BCUT2D eigenvalue weighted by Crippen LogP contribution is 2.32. The molecule has 2 unspecified atom stereocenters. The number of ether oxygens (including phenoxy) is 2. The van der Waals surface area contributed by atoms with Gasteiger partial charge in [-0.1, -0.05) is 42.5 Å². The molecule has 0 aromatic heterocycles. The van der Waals surface area contributed by atoms with E-state index in [1.54, 1.807) is 48.5 Å². The fourth-order valence-electron chi connectivity index (χ4n) is 3.90. The third kappa shape index (κ3) is 5.00. The summed E-state index contributed by atoms with van der Waals surface area (Å²) in [5.74, 6) is 0.569. The molecule has 3 aromatic carbocycles. The van der Waals surface area contributed by atoms with Crippen LogP contribution in [0.4, 0.5) is 0 Å². The molecule has 4 rings (SSSR count). The van der Waals surface area contributed by atoms with Gasteiger partial charge in [-0.25, -0.2) is 18.6 Å². The summed E-state index contributed by atoms with van der Waals surface area (Å²) in [5, 5.41) is 0. The van der Waals surface area contributed by atoms with E-state index in [1.165, 1.54) is 14.2 Å². The predicted octanol–water partition coefficient (Wildman–Crippen LogP) is 2.58. The summed E-state index contributed by atoms with van der Waals surface area (Å²) in [4.78, 5) is 13.0. The van der Waals surface area contributed by atoms with Gasteiger partial charge in [-0.15, -0.1) is 0 Å². The molecular formula is C24H25N3O5S. The van der Waals surface area contributed by atoms with Crippen LogP contribution < -0.4 is 25.0 Å². The van der Waals surface area contributed by atoms with Gasteiger partial charge >= 0.3 is 0 Å². The lowest BCUT2D eigenvalue weighted by Gasteiger charge is -2.23. The fourth-order valence-corrected chi connectivity index (χ4v) is 5.17. The number of sulfonamides is 1. The number of amides is 1. The Morgan fingerprint density at radius 1 is 0.909 bits per heavy atom. The summed E-state index contributed by atoms with van der Waals surface area (Å²) < 4.78 is 39.1. The van der Waals surface area contributed by atoms with Crippen LogP contribution in [0.25, 0.3) is 0 Å². The van der Waals surface area contributed by atoms with Crippen molar-refractivity contribution >= 4 is 15.9 Å². The first-order valence-electron chi connectivity index (χ1n) is 10.4. The van der Waals surface area contributed by atoms with Crippen molar-refractivity contribution in [3.63, 3.8) is 0 Å². The Morgan fingerprint density at radius 2 is 1.55 bits per heavy atom. The minimum Gasteiger partial charge on any atom is -0.497 e. The highest BCUT2D eigenvalue weighted by molar-refractivity contribution is 7.89. The van der Waals surface area contributed by atoms with Gasteiger partial charge in [0.05, 0.1) is 25.2 Å². The van der Waals surface area contributed by atoms with Gasteiger partial charge in [-0.3, -0.25) is 10.2 Å². The van der Waals surface area contributed by atoms with Gasteiger partial charge in [-0.2, -0.15) is 0 Å². The molecule has 1 aliphatic carbocycles. The molecule has 0 spiro atoms. The second-order valence-electron chi connectivity index (χ2n) is 7.62. The Balaban J connectivity index is 1.54. The van der Waals surface area contributed by atoms with Crippen LogP contribution in [0.2, 0.25) is 0 Å². The zero-order valence-corrected chi connectivity index (χ0v) is 19.1. The number of carbonyl (C=O) groups excluding carboxylic acids is 1. The number of nitrogens with one attached hydrogen (secondary N) is 3. The zero-order valence-electron chi connectivity index (χ0n) is 18.2. The molecule has 0 saturated heterocycles. The van der Waals surface area contributed by atoms with Gasteiger partial charge in [0.1, 0.15) is 11.5 Å². The average Bonchev–Trinajstić information content (AvgIpc) is 3.18. The number of methoxy groups -OCH3 is 2. The first kappa shape index (κ1) is 22.8. The Kier molecular flexibility index (Phi) is 6.64. The summed E-state index contributed by atoms with van der Waals surface area (Å²) in [5.41, 5.74) is 8.00. The molecule has 0 heterocycles. The lowest BCUT2D eigenvalue weighted by molar-refractivity contribution is 0.0922. The van der Waals surface area contributed by atoms with Crippen molar-refractivity contribution in [1.82, 2.24) is 15.6 Å². The predicted molar refractivity (Wildman–Crippen MR) is 124 cm³/mol. The lowest BCUT2D eigenvalue weighted by Crippen LogP contribution is -2.48. The number of rotatable bonds is 8. The van der Waals surface area contributed by atoms with Crippen LogP contribution in [0.3, 0.4) is 0 Å². The maximum atomic E-state index is 12.9. The largest absolute Gasteiger partial charge is 0.497 e. The molecule has 3 aromatic rings. The van der Waals surface area contributed by atoms with Crippen molar-refractivity contribution in [3.8, 4) is 11.5 Å². The maximum absolute atomic E-state index is 12.9. The highest BCUT2D eigenvalue weighted by atomic mass is 32.2. The van der Waals surface area contributed by atoms with E-state index in [0.29, 0.717) is 23.5 Å². The third-order valence-corrected chi connectivity index (χ3v) is 7.05. The number of hydrogen-bond acceptors (Lipinski definition) is 6. The van der Waals surface area contributed by atoms with Crippen LogP contribution in [0.5, 0.6) is 11.5 Å². The summed E-state index contributed by atoms with van der Waals surface area (Å²) in [6, 6.07) is 19.8. The van der Waals surface area contributed by atoms with Crippen molar-refractivity contribution in [3.05, 3.63) is 89.5 Å². The molecule has 0 fully saturated rings. The SMILES string of the molecule is COc1cc(OC)cc(C(=O)NNC2c3ccccc3CC2NS(=O)(=O)c2ccccc2)c1. The summed E-state index contributed by atoms with van der Waals surface area (Å²) in [7, 11) is -0.724. The van der Waals surface area contributed by atoms with Crippen LogP contribution in [0, 0.1) is 0 Å². The molecule has 1 aliphatic rings. The Morgan fingerprint density at radius 3 is 2.21 bits per heavy atom. The minimum atomic E-state index is -3.74. The molecule has 9 heteroatoms. The molecule has 0 bridgehead atoms. The number of hydrogen-bond donors (Lipinski definition) is 3. The summed E-state index contributed by atoms with van der Waals surface area (Å²) in [6.45, 7) is 0. The van der Waals surface area contributed by atoms with Gasteiger partial charge < -0.3 is 9.47 Å². The molecule has 8 nitrogen and oxygen atoms in total. The second kappa shape index (κ2) is 9.62. The monoisotopic (exact) mass is 467 g/mol. The fraction of sp³-hybridized carbons (Fsp3) is 0.208. The normalized spacial score (nSPS) is 17.3. The van der Waals surface area contributed by atoms with E-state index < -0.39 is 28.0 Å². The van der Waals surface area contributed by atoms with Crippen molar-refractivity contribution < 1.29 is 22.7 Å². The Labute approximate surface area is 192 Å². The smallest absolute Gasteiger partial charge is 0.265 e. The van der Waals surface area contributed by atoms with E-state index in [4.69, 9.17) is 9.47 Å². The van der Waals surface area contributed by atoms with E-state index in [-0.39, 0.29) is 4.90 Å². The standard InChI is InChI=1S/C24H25N3O5S/c1-31-18-12-17(13-19(15-18)32-2)24(28)26-25-23-21-11-7-6-8-16(21)14-22(23)27-33(29,30)20-9-4-3-5-10-20/h3-13,15,22-23,25,27H,14H2,1-2H3,(H,26,28). The third-order valence-electron chi connectivity index (χ3n) is 5.55. The van der Waals surface area contributed by atoms with Crippen LogP contribution in [-0.4, -0.2) is 34.6 Å². The van der Waals surface area contributed by atoms with Crippen molar-refractivity contribution in [2.45, 2.75) is 23.4 Å². The highest BCUT2D eigenvalue weighted by Gasteiger charge is 2.35. The molecule has 0 saturated carbocycles. The first-order valence-corrected chi connectivity index (χ1v) is 11.8. The molecule has 3 N–H and O–H groups in total. The molecule has 1 amide bonds. The Bertz CT molecular complexity index is 1230. The maximum Gasteiger partial charge on any atom is 0.265 e. The first-order chi connectivity index (χ1) is 15.9. The van der Waals surface area contributed by atoms with Gasteiger partial charge in [0.2, 0.25) is 10.0 Å². The average molecular weight is 468 g/mol. The molecule has 33 heavy (non-hydrogen) atoms. The topological polar surface area (TPSA) is 106 Å². The lowest BCUT2D eigenvalue weighted by atomic mass is 10.1. The molecule has 0 radical (unpaired) electrons. The number of carbonyl (C=O) groups is 1. The molecular weight excluding hydrogens is 442 g/mol. The minimum absolute atomic E-state index is 0.187. The Hall–Kier alpha value is -3.40. The van der Waals surface area contributed by atoms with Gasteiger partial charge in [0.15, 0.2) is 0 Å². The van der Waals surface area contributed by atoms with Crippen LogP contribution in [0.1, 0.15) is 27.5 Å². The van der Waals surface area contributed by atoms with Crippen molar-refractivity contribution in [2.75, 3.05) is 14.2 Å². The van der Waals surface area contributed by atoms with Crippen molar-refractivity contribution in [2.24, 2.45) is 0 Å².